The number of ether oxygens (including phenoxy) is 2. The molecule has 0 aliphatic heterocycles. The van der Waals surface area contributed by atoms with Crippen LogP contribution in [0, 0.1) is 0 Å². The fourth-order valence-corrected chi connectivity index (χ4v) is 3.86. The Labute approximate surface area is 159 Å². The molecule has 1 N–H and O–H groups in total. The molecule has 0 spiro atoms. The van der Waals surface area contributed by atoms with Gasteiger partial charge in [-0.2, -0.15) is 0 Å². The molecule has 0 saturated heterocycles. The summed E-state index contributed by atoms with van der Waals surface area (Å²) in [5.74, 6) is -0.0154. The summed E-state index contributed by atoms with van der Waals surface area (Å²) in [5, 5.41) is 10.4. The maximum Gasteiger partial charge on any atom is 0.307 e. The van der Waals surface area contributed by atoms with Crippen molar-refractivity contribution in [3.63, 3.8) is 0 Å². The Bertz CT molecular complexity index is 963. The summed E-state index contributed by atoms with van der Waals surface area (Å²) in [5.41, 5.74) is 2.15. The van der Waals surface area contributed by atoms with Gasteiger partial charge in [0.25, 0.3) is 0 Å². The summed E-state index contributed by atoms with van der Waals surface area (Å²) in [6, 6.07) is 11.2. The van der Waals surface area contributed by atoms with Crippen LogP contribution in [-0.4, -0.2) is 30.3 Å². The van der Waals surface area contributed by atoms with Crippen LogP contribution in [-0.2, 0) is 4.79 Å². The third kappa shape index (κ3) is 3.81. The number of aromatic nitrogens is 1. The number of halogens is 1. The van der Waals surface area contributed by atoms with Gasteiger partial charge in [-0.25, -0.2) is 4.98 Å². The van der Waals surface area contributed by atoms with Crippen molar-refractivity contribution in [2.45, 2.75) is 6.42 Å². The van der Waals surface area contributed by atoms with Gasteiger partial charge in [0, 0.05) is 0 Å². The van der Waals surface area contributed by atoms with Gasteiger partial charge in [0.15, 0.2) is 11.5 Å². The minimum atomic E-state index is -0.929. The quantitative estimate of drug-likeness (QED) is 0.643. The highest BCUT2D eigenvalue weighted by atomic mass is 35.5. The Morgan fingerprint density at radius 3 is 2.69 bits per heavy atom. The number of benzene rings is 2. The summed E-state index contributed by atoms with van der Waals surface area (Å²) in [6.07, 6.45) is 1.62. The highest BCUT2D eigenvalue weighted by Gasteiger charge is 2.15. The molecule has 2 aromatic carbocycles. The predicted octanol–water partition coefficient (Wildman–Crippen LogP) is 4.98. The molecule has 0 atom stereocenters. The maximum atomic E-state index is 11.3. The molecule has 5 nitrogen and oxygen atoms in total. The van der Waals surface area contributed by atoms with E-state index in [4.69, 9.17) is 21.1 Å². The molecule has 3 rings (SSSR count). The predicted molar refractivity (Wildman–Crippen MR) is 104 cm³/mol. The van der Waals surface area contributed by atoms with Gasteiger partial charge in [-0.05, 0) is 41.5 Å². The van der Waals surface area contributed by atoms with E-state index >= 15 is 0 Å². The molecule has 7 heteroatoms. The molecular formula is C19H16ClNO4S. The Morgan fingerprint density at radius 1 is 1.27 bits per heavy atom. The van der Waals surface area contributed by atoms with Crippen molar-refractivity contribution < 1.29 is 19.4 Å². The number of para-hydroxylation sites is 1. The van der Waals surface area contributed by atoms with Crippen LogP contribution in [0.15, 0.2) is 36.4 Å². The van der Waals surface area contributed by atoms with Crippen LogP contribution in [0.3, 0.4) is 0 Å². The van der Waals surface area contributed by atoms with Crippen LogP contribution in [0.4, 0.5) is 0 Å². The molecule has 0 fully saturated rings. The van der Waals surface area contributed by atoms with Crippen LogP contribution in [0.1, 0.15) is 17.0 Å². The fraction of sp³-hybridized carbons (Fsp3) is 0.158. The van der Waals surface area contributed by atoms with E-state index in [1.165, 1.54) is 25.6 Å². The van der Waals surface area contributed by atoms with E-state index in [0.717, 1.165) is 10.2 Å². The number of carboxylic acid groups (broad SMARTS) is 1. The van der Waals surface area contributed by atoms with Crippen molar-refractivity contribution in [1.29, 1.82) is 0 Å². The van der Waals surface area contributed by atoms with Gasteiger partial charge in [0.05, 0.1) is 35.9 Å². The number of thiazole rings is 1. The molecule has 0 bridgehead atoms. The molecule has 0 aliphatic rings. The Kier molecular flexibility index (Phi) is 5.44. The molecule has 1 aromatic heterocycles. The number of nitrogens with zero attached hydrogens (tertiary/aromatic N) is 1. The van der Waals surface area contributed by atoms with Crippen LogP contribution in [0.25, 0.3) is 21.9 Å². The van der Waals surface area contributed by atoms with Crippen molar-refractivity contribution in [3.8, 4) is 11.5 Å². The van der Waals surface area contributed by atoms with E-state index in [2.05, 4.69) is 4.98 Å². The molecule has 26 heavy (non-hydrogen) atoms. The third-order valence-corrected chi connectivity index (χ3v) is 5.10. The normalized spacial score (nSPS) is 11.6. The number of fused-ring (bicyclic) bond motifs is 1. The lowest BCUT2D eigenvalue weighted by Crippen LogP contribution is -1.97. The van der Waals surface area contributed by atoms with Crippen molar-refractivity contribution in [2.24, 2.45) is 0 Å². The van der Waals surface area contributed by atoms with Gasteiger partial charge >= 0.3 is 5.97 Å². The van der Waals surface area contributed by atoms with E-state index in [-0.39, 0.29) is 6.42 Å². The van der Waals surface area contributed by atoms with Crippen LogP contribution < -0.4 is 9.47 Å². The first-order valence-corrected chi connectivity index (χ1v) is 8.91. The fourth-order valence-electron chi connectivity index (χ4n) is 2.58. The van der Waals surface area contributed by atoms with Gasteiger partial charge in [-0.3, -0.25) is 4.79 Å². The minimum Gasteiger partial charge on any atom is -0.493 e. The molecule has 1 heterocycles. The first kappa shape index (κ1) is 18.2. The Hall–Kier alpha value is -2.57. The van der Waals surface area contributed by atoms with Crippen molar-refractivity contribution in [3.05, 3.63) is 52.0 Å². The first-order chi connectivity index (χ1) is 12.5. The van der Waals surface area contributed by atoms with Gasteiger partial charge in [-0.15, -0.1) is 11.3 Å². The van der Waals surface area contributed by atoms with Gasteiger partial charge in [0.1, 0.15) is 5.01 Å². The maximum absolute atomic E-state index is 11.3. The lowest BCUT2D eigenvalue weighted by atomic mass is 10.1. The summed E-state index contributed by atoms with van der Waals surface area (Å²) in [7, 11) is 3.03. The molecule has 0 saturated carbocycles. The summed E-state index contributed by atoms with van der Waals surface area (Å²) >= 11 is 7.71. The number of methoxy groups -OCH3 is 2. The van der Waals surface area contributed by atoms with Crippen LogP contribution in [0.2, 0.25) is 5.02 Å². The average Bonchev–Trinajstić information content (AvgIpc) is 3.04. The number of hydrogen-bond acceptors (Lipinski definition) is 5. The van der Waals surface area contributed by atoms with Crippen LogP contribution >= 0.6 is 22.9 Å². The van der Waals surface area contributed by atoms with Crippen LogP contribution in [0.5, 0.6) is 11.5 Å². The molecule has 0 aliphatic carbocycles. The molecule has 3 aromatic rings. The highest BCUT2D eigenvalue weighted by Crippen LogP contribution is 2.38. The minimum absolute atomic E-state index is 0.147. The van der Waals surface area contributed by atoms with Crippen molar-refractivity contribution in [2.75, 3.05) is 14.2 Å². The monoisotopic (exact) mass is 389 g/mol. The van der Waals surface area contributed by atoms with E-state index in [1.54, 1.807) is 18.2 Å². The first-order valence-electron chi connectivity index (χ1n) is 7.71. The standard InChI is InChI=1S/C19H16ClNO4S/c1-24-15-9-11(8-13(20)18(15)25-2)7-12(10-17(22)23)19-21-14-5-3-4-6-16(14)26-19/h3-9H,10H2,1-2H3,(H,22,23). The van der Waals surface area contributed by atoms with E-state index < -0.39 is 5.97 Å². The number of aliphatic carboxylic acids is 1. The smallest absolute Gasteiger partial charge is 0.307 e. The molecule has 134 valence electrons. The number of carboxylic acids is 1. The van der Waals surface area contributed by atoms with E-state index in [9.17, 15) is 9.90 Å². The summed E-state index contributed by atoms with van der Waals surface area (Å²) in [4.78, 5) is 15.9. The lowest BCUT2D eigenvalue weighted by molar-refractivity contribution is -0.135. The number of rotatable bonds is 6. The summed E-state index contributed by atoms with van der Waals surface area (Å²) in [6.45, 7) is 0. The number of carbonyl (C=O) groups is 1. The molecular weight excluding hydrogens is 374 g/mol. The summed E-state index contributed by atoms with van der Waals surface area (Å²) < 4.78 is 11.5. The largest absolute Gasteiger partial charge is 0.493 e. The average molecular weight is 390 g/mol. The molecule has 0 radical (unpaired) electrons. The zero-order chi connectivity index (χ0) is 18.7. The zero-order valence-electron chi connectivity index (χ0n) is 14.2. The highest BCUT2D eigenvalue weighted by molar-refractivity contribution is 7.19. The SMILES string of the molecule is COc1cc(C=C(CC(=O)O)c2nc3ccccc3s2)cc(Cl)c1OC. The Balaban J connectivity index is 2.10. The number of hydrogen-bond donors (Lipinski definition) is 1. The lowest BCUT2D eigenvalue weighted by Gasteiger charge is -2.11. The zero-order valence-corrected chi connectivity index (χ0v) is 15.7. The second kappa shape index (κ2) is 7.76. The van der Waals surface area contributed by atoms with Gasteiger partial charge in [0.2, 0.25) is 0 Å². The topological polar surface area (TPSA) is 68.7 Å². The Morgan fingerprint density at radius 2 is 2.04 bits per heavy atom. The third-order valence-electron chi connectivity index (χ3n) is 3.71. The molecule has 0 unspecified atom stereocenters. The van der Waals surface area contributed by atoms with Gasteiger partial charge < -0.3 is 14.6 Å². The van der Waals surface area contributed by atoms with Crippen molar-refractivity contribution in [1.82, 2.24) is 4.98 Å². The second-order valence-corrected chi connectivity index (χ2v) is 6.90. The van der Waals surface area contributed by atoms with E-state index in [1.807, 2.05) is 24.3 Å². The van der Waals surface area contributed by atoms with E-state index in [0.29, 0.717) is 32.7 Å². The molecule has 0 amide bonds. The van der Waals surface area contributed by atoms with Gasteiger partial charge in [-0.1, -0.05) is 23.7 Å². The van der Waals surface area contributed by atoms with Crippen molar-refractivity contribution >= 4 is 50.8 Å². The second-order valence-electron chi connectivity index (χ2n) is 5.47.